The van der Waals surface area contributed by atoms with Crippen molar-refractivity contribution >= 4 is 22.6 Å². The summed E-state index contributed by atoms with van der Waals surface area (Å²) in [6, 6.07) is 11.9. The predicted molar refractivity (Wildman–Crippen MR) is 141 cm³/mol. The Bertz CT molecular complexity index is 1540. The van der Waals surface area contributed by atoms with Gasteiger partial charge in [-0.3, -0.25) is 0 Å². The number of ether oxygens (including phenoxy) is 5. The van der Waals surface area contributed by atoms with Gasteiger partial charge in [-0.25, -0.2) is 9.66 Å². The van der Waals surface area contributed by atoms with Gasteiger partial charge in [0.1, 0.15) is 28.6 Å². The number of benzene rings is 2. The van der Waals surface area contributed by atoms with Crippen LogP contribution in [0.4, 0.5) is 5.69 Å². The van der Waals surface area contributed by atoms with Crippen molar-refractivity contribution in [2.75, 3.05) is 45.6 Å². The fourth-order valence-electron chi connectivity index (χ4n) is 5.31. The van der Waals surface area contributed by atoms with Crippen LogP contribution in [0.15, 0.2) is 52.1 Å². The average Bonchev–Trinajstić information content (AvgIpc) is 3.73. The summed E-state index contributed by atoms with van der Waals surface area (Å²) in [5.41, 5.74) is 2.55. The van der Waals surface area contributed by atoms with E-state index in [0.29, 0.717) is 47.6 Å². The Kier molecular flexibility index (Phi) is 5.52. The van der Waals surface area contributed by atoms with Crippen LogP contribution in [-0.2, 0) is 11.2 Å². The van der Waals surface area contributed by atoms with Gasteiger partial charge in [-0.05, 0) is 31.0 Å². The average molecular weight is 517 g/mol. The molecular weight excluding hydrogens is 488 g/mol. The fraction of sp³-hybridized carbons (Fsp3) is 0.357. The molecule has 2 aromatic carbocycles. The van der Waals surface area contributed by atoms with E-state index in [1.54, 1.807) is 18.9 Å². The molecule has 1 atom stereocenters. The van der Waals surface area contributed by atoms with Crippen molar-refractivity contribution in [3.8, 4) is 34.5 Å². The third kappa shape index (κ3) is 4.06. The Balaban J connectivity index is 1.10. The summed E-state index contributed by atoms with van der Waals surface area (Å²) in [5, 5.41) is 5.27. The van der Waals surface area contributed by atoms with Crippen LogP contribution in [0.3, 0.4) is 0 Å². The lowest BCUT2D eigenvalue weighted by Crippen LogP contribution is -2.37. The Morgan fingerprint density at radius 2 is 1.97 bits per heavy atom. The van der Waals surface area contributed by atoms with E-state index in [9.17, 15) is 0 Å². The van der Waals surface area contributed by atoms with Crippen molar-refractivity contribution in [3.05, 3.63) is 48.4 Å². The highest BCUT2D eigenvalue weighted by molar-refractivity contribution is 5.89. The molecule has 0 N–H and O–H groups in total. The van der Waals surface area contributed by atoms with E-state index in [0.717, 1.165) is 60.1 Å². The molecular formula is C28H28N4O6. The number of anilines is 1. The molecule has 10 nitrogen and oxygen atoms in total. The molecule has 1 fully saturated rings. The van der Waals surface area contributed by atoms with Crippen LogP contribution < -0.4 is 23.8 Å². The molecule has 10 heteroatoms. The third-order valence-electron chi connectivity index (χ3n) is 7.30. The van der Waals surface area contributed by atoms with Crippen LogP contribution in [0.25, 0.3) is 22.4 Å². The van der Waals surface area contributed by atoms with Crippen molar-refractivity contribution in [1.29, 1.82) is 0 Å². The smallest absolute Gasteiger partial charge is 0.231 e. The van der Waals surface area contributed by atoms with Crippen LogP contribution in [0.5, 0.6) is 23.0 Å². The summed E-state index contributed by atoms with van der Waals surface area (Å²) in [7, 11) is 3.26. The summed E-state index contributed by atoms with van der Waals surface area (Å²) in [6.45, 7) is 2.80. The van der Waals surface area contributed by atoms with Crippen molar-refractivity contribution in [2.24, 2.45) is 11.0 Å². The van der Waals surface area contributed by atoms with E-state index < -0.39 is 0 Å². The summed E-state index contributed by atoms with van der Waals surface area (Å²) in [6.07, 6.45) is 4.62. The third-order valence-corrected chi connectivity index (χ3v) is 7.30. The van der Waals surface area contributed by atoms with E-state index in [4.69, 9.17) is 28.1 Å². The molecule has 0 radical (unpaired) electrons. The normalized spacial score (nSPS) is 18.0. The molecule has 0 amide bonds. The second-order valence-electron chi connectivity index (χ2n) is 9.71. The van der Waals surface area contributed by atoms with E-state index in [1.165, 1.54) is 0 Å². The molecule has 2 aromatic heterocycles. The fourth-order valence-corrected chi connectivity index (χ4v) is 5.31. The number of rotatable bonds is 6. The van der Waals surface area contributed by atoms with Gasteiger partial charge in [0.25, 0.3) is 0 Å². The Hall–Kier alpha value is -4.34. The molecule has 0 spiro atoms. The molecule has 7 rings (SSSR count). The molecule has 4 aromatic rings. The predicted octanol–water partition coefficient (Wildman–Crippen LogP) is 4.69. The number of aromatic nitrogens is 2. The molecule has 1 unspecified atom stereocenters. The summed E-state index contributed by atoms with van der Waals surface area (Å²) >= 11 is 0. The highest BCUT2D eigenvalue weighted by Crippen LogP contribution is 2.39. The lowest BCUT2D eigenvalue weighted by atomic mass is 9.98. The van der Waals surface area contributed by atoms with Crippen LogP contribution in [-0.4, -0.2) is 56.3 Å². The van der Waals surface area contributed by atoms with Gasteiger partial charge < -0.3 is 33.0 Å². The molecule has 5 heterocycles. The largest absolute Gasteiger partial charge is 0.496 e. The highest BCUT2D eigenvalue weighted by Gasteiger charge is 2.25. The van der Waals surface area contributed by atoms with Crippen LogP contribution in [0, 0.1) is 5.92 Å². The van der Waals surface area contributed by atoms with E-state index in [-0.39, 0.29) is 6.79 Å². The second-order valence-corrected chi connectivity index (χ2v) is 9.71. The highest BCUT2D eigenvalue weighted by atomic mass is 16.7. The maximum absolute atomic E-state index is 6.42. The summed E-state index contributed by atoms with van der Waals surface area (Å²) in [4.78, 5) is 7.08. The zero-order valence-corrected chi connectivity index (χ0v) is 21.3. The molecule has 0 saturated carbocycles. The Morgan fingerprint density at radius 3 is 2.84 bits per heavy atom. The first kappa shape index (κ1) is 22.8. The molecule has 0 bridgehead atoms. The van der Waals surface area contributed by atoms with Gasteiger partial charge in [0, 0.05) is 42.9 Å². The lowest BCUT2D eigenvalue weighted by molar-refractivity contribution is 0.174. The minimum Gasteiger partial charge on any atom is -0.496 e. The lowest BCUT2D eigenvalue weighted by Gasteiger charge is -2.34. The number of methoxy groups -OCH3 is 2. The Morgan fingerprint density at radius 1 is 1.05 bits per heavy atom. The second kappa shape index (κ2) is 9.20. The van der Waals surface area contributed by atoms with E-state index >= 15 is 0 Å². The zero-order valence-electron chi connectivity index (χ0n) is 21.3. The monoisotopic (exact) mass is 516 g/mol. The number of hydrogen-bond donors (Lipinski definition) is 0. The summed E-state index contributed by atoms with van der Waals surface area (Å²) in [5.74, 6) is 5.52. The van der Waals surface area contributed by atoms with E-state index in [1.807, 2.05) is 30.5 Å². The number of fused-ring (bicyclic) bond motifs is 3. The summed E-state index contributed by atoms with van der Waals surface area (Å²) < 4.78 is 36.1. The van der Waals surface area contributed by atoms with E-state index in [2.05, 4.69) is 27.1 Å². The number of furan rings is 1. The molecule has 196 valence electrons. The first-order chi connectivity index (χ1) is 18.7. The van der Waals surface area contributed by atoms with Gasteiger partial charge in [0.15, 0.2) is 17.3 Å². The molecule has 0 aliphatic carbocycles. The Labute approximate surface area is 219 Å². The number of nitrogens with zero attached hydrogens (tertiary/aromatic N) is 4. The van der Waals surface area contributed by atoms with Gasteiger partial charge >= 0.3 is 0 Å². The SMILES string of the molecule is COC1=Nn2cc(-c3cc4c(OCC5CCCN(c6ccc7c(c6)OCO7)C5)cc(OC)cc4o3)nc2C1. The topological polar surface area (TPSA) is 92.7 Å². The first-order valence-corrected chi connectivity index (χ1v) is 12.8. The van der Waals surface area contributed by atoms with Gasteiger partial charge in [-0.1, -0.05) is 0 Å². The minimum atomic E-state index is 0.283. The van der Waals surface area contributed by atoms with Crippen LogP contribution in [0.2, 0.25) is 0 Å². The van der Waals surface area contributed by atoms with Gasteiger partial charge in [0.2, 0.25) is 12.7 Å². The molecule has 3 aliphatic heterocycles. The number of imidazole rings is 1. The maximum atomic E-state index is 6.42. The maximum Gasteiger partial charge on any atom is 0.231 e. The van der Waals surface area contributed by atoms with Crippen molar-refractivity contribution in [1.82, 2.24) is 9.66 Å². The van der Waals surface area contributed by atoms with Gasteiger partial charge in [-0.2, -0.15) is 0 Å². The van der Waals surface area contributed by atoms with Crippen molar-refractivity contribution in [3.63, 3.8) is 0 Å². The number of piperidine rings is 1. The van der Waals surface area contributed by atoms with Crippen molar-refractivity contribution in [2.45, 2.75) is 19.3 Å². The zero-order chi connectivity index (χ0) is 25.6. The van der Waals surface area contributed by atoms with Crippen LogP contribution >= 0.6 is 0 Å². The molecule has 1 saturated heterocycles. The first-order valence-electron chi connectivity index (χ1n) is 12.8. The standard InChI is InChI=1S/C28H28N4O6/c1-33-19-9-23(20-11-25(38-24(20)10-19)21-14-32-27(29-21)12-28(30-32)34-2)35-15-17-4-3-7-31(13-17)18-5-6-22-26(8-18)37-16-36-22/h5-6,8-11,14,17H,3-4,7,12-13,15-16H2,1-2H3. The van der Waals surface area contributed by atoms with Crippen molar-refractivity contribution < 1.29 is 28.1 Å². The van der Waals surface area contributed by atoms with Gasteiger partial charge in [0.05, 0.1) is 38.8 Å². The number of hydrogen-bond acceptors (Lipinski definition) is 9. The molecule has 38 heavy (non-hydrogen) atoms. The molecule has 3 aliphatic rings. The quantitative estimate of drug-likeness (QED) is 0.364. The van der Waals surface area contributed by atoms with Crippen LogP contribution in [0.1, 0.15) is 18.7 Å². The van der Waals surface area contributed by atoms with Gasteiger partial charge in [-0.15, -0.1) is 5.10 Å². The minimum absolute atomic E-state index is 0.283.